The molecule has 0 spiro atoms. The molecule has 3 N–H and O–H groups in total. The summed E-state index contributed by atoms with van der Waals surface area (Å²) in [6, 6.07) is 7.68. The molecule has 0 bridgehead atoms. The molecular formula is C19H26N6O2. The summed E-state index contributed by atoms with van der Waals surface area (Å²) in [4.78, 5) is 17.5. The second-order valence-corrected chi connectivity index (χ2v) is 7.07. The zero-order valence-corrected chi connectivity index (χ0v) is 15.4. The summed E-state index contributed by atoms with van der Waals surface area (Å²) >= 11 is 0. The van der Waals surface area contributed by atoms with E-state index >= 15 is 0 Å². The number of aromatic nitrogens is 3. The van der Waals surface area contributed by atoms with Gasteiger partial charge in [-0.3, -0.25) is 4.98 Å². The fourth-order valence-electron chi connectivity index (χ4n) is 3.79. The molecule has 8 nitrogen and oxygen atoms in total. The van der Waals surface area contributed by atoms with Crippen molar-refractivity contribution in [3.8, 4) is 0 Å². The number of anilines is 3. The van der Waals surface area contributed by atoms with Gasteiger partial charge in [0.15, 0.2) is 0 Å². The third-order valence-corrected chi connectivity index (χ3v) is 5.35. The van der Waals surface area contributed by atoms with E-state index in [0.717, 1.165) is 56.4 Å². The second-order valence-electron chi connectivity index (χ2n) is 7.07. The number of aliphatic hydroxyl groups is 1. The van der Waals surface area contributed by atoms with Crippen LogP contribution in [0.5, 0.6) is 0 Å². The zero-order valence-electron chi connectivity index (χ0n) is 15.4. The van der Waals surface area contributed by atoms with Crippen molar-refractivity contribution in [1.82, 2.24) is 15.0 Å². The predicted molar refractivity (Wildman–Crippen MR) is 104 cm³/mol. The molecule has 2 aromatic rings. The van der Waals surface area contributed by atoms with Crippen LogP contribution in [0.3, 0.4) is 0 Å². The van der Waals surface area contributed by atoms with E-state index in [1.54, 1.807) is 6.20 Å². The van der Waals surface area contributed by atoms with Crippen LogP contribution in [0.1, 0.15) is 24.6 Å². The second kappa shape index (κ2) is 8.06. The maximum absolute atomic E-state index is 10.6. The number of nitrogens with two attached hydrogens (primary N) is 1. The first-order valence-electron chi connectivity index (χ1n) is 9.52. The summed E-state index contributed by atoms with van der Waals surface area (Å²) < 4.78 is 5.41. The van der Waals surface area contributed by atoms with Crippen molar-refractivity contribution in [3.05, 3.63) is 36.2 Å². The number of morpholine rings is 1. The van der Waals surface area contributed by atoms with Gasteiger partial charge in [0.2, 0.25) is 5.95 Å². The van der Waals surface area contributed by atoms with Gasteiger partial charge in [-0.1, -0.05) is 6.07 Å². The number of ether oxygens (including phenoxy) is 1. The Balaban J connectivity index is 1.42. The van der Waals surface area contributed by atoms with E-state index in [4.69, 9.17) is 10.5 Å². The standard InChI is InChI=1S/C19H26N6O2/c20-19-22-16(13-17(23-19)25-9-11-27-12-10-25)24-7-4-14(5-8-24)18(26)15-3-1-2-6-21-15/h1-3,6,13-14,18,26H,4-5,7-12H2,(H2,20,22,23). The number of piperidine rings is 1. The minimum Gasteiger partial charge on any atom is -0.387 e. The molecule has 0 amide bonds. The van der Waals surface area contributed by atoms with Crippen LogP contribution in [0, 0.1) is 5.92 Å². The molecule has 144 valence electrons. The molecule has 1 atom stereocenters. The average molecular weight is 370 g/mol. The van der Waals surface area contributed by atoms with Crippen molar-refractivity contribution in [3.63, 3.8) is 0 Å². The maximum Gasteiger partial charge on any atom is 0.223 e. The predicted octanol–water partition coefficient (Wildman–Crippen LogP) is 1.24. The number of aliphatic hydroxyl groups excluding tert-OH is 1. The molecule has 2 aliphatic rings. The highest BCUT2D eigenvalue weighted by Gasteiger charge is 2.28. The Morgan fingerprint density at radius 1 is 1.04 bits per heavy atom. The summed E-state index contributed by atoms with van der Waals surface area (Å²) in [5, 5.41) is 10.6. The van der Waals surface area contributed by atoms with Gasteiger partial charge in [0.25, 0.3) is 0 Å². The highest BCUT2D eigenvalue weighted by molar-refractivity contribution is 5.54. The van der Waals surface area contributed by atoms with Crippen LogP contribution in [0.2, 0.25) is 0 Å². The number of hydrogen-bond acceptors (Lipinski definition) is 8. The molecule has 0 saturated carbocycles. The zero-order chi connectivity index (χ0) is 18.6. The van der Waals surface area contributed by atoms with Gasteiger partial charge in [0.05, 0.1) is 25.0 Å². The number of pyridine rings is 1. The first kappa shape index (κ1) is 17.9. The Morgan fingerprint density at radius 2 is 1.70 bits per heavy atom. The van der Waals surface area contributed by atoms with Crippen LogP contribution in [-0.4, -0.2) is 59.5 Å². The summed E-state index contributed by atoms with van der Waals surface area (Å²) in [7, 11) is 0. The third-order valence-electron chi connectivity index (χ3n) is 5.35. The number of nitrogen functional groups attached to an aromatic ring is 1. The van der Waals surface area contributed by atoms with E-state index in [1.165, 1.54) is 0 Å². The van der Waals surface area contributed by atoms with Crippen LogP contribution in [0.25, 0.3) is 0 Å². The Bertz CT molecular complexity index is 745. The lowest BCUT2D eigenvalue weighted by molar-refractivity contribution is 0.0890. The van der Waals surface area contributed by atoms with Gasteiger partial charge in [-0.15, -0.1) is 0 Å². The van der Waals surface area contributed by atoms with Gasteiger partial charge in [-0.2, -0.15) is 9.97 Å². The molecular weight excluding hydrogens is 344 g/mol. The Morgan fingerprint density at radius 3 is 2.33 bits per heavy atom. The van der Waals surface area contributed by atoms with Gasteiger partial charge < -0.3 is 25.4 Å². The summed E-state index contributed by atoms with van der Waals surface area (Å²) in [6.07, 6.45) is 2.97. The van der Waals surface area contributed by atoms with Crippen molar-refractivity contribution in [1.29, 1.82) is 0 Å². The van der Waals surface area contributed by atoms with Crippen LogP contribution < -0.4 is 15.5 Å². The number of nitrogens with zero attached hydrogens (tertiary/aromatic N) is 5. The molecule has 0 aromatic carbocycles. The summed E-state index contributed by atoms with van der Waals surface area (Å²) in [6.45, 7) is 4.69. The van der Waals surface area contributed by atoms with Gasteiger partial charge in [0.1, 0.15) is 11.6 Å². The van der Waals surface area contributed by atoms with E-state index in [-0.39, 0.29) is 5.92 Å². The highest BCUT2D eigenvalue weighted by atomic mass is 16.5. The number of hydrogen-bond donors (Lipinski definition) is 2. The molecule has 4 heterocycles. The van der Waals surface area contributed by atoms with Gasteiger partial charge in [-0.25, -0.2) is 0 Å². The van der Waals surface area contributed by atoms with E-state index in [1.807, 2.05) is 24.3 Å². The van der Waals surface area contributed by atoms with Crippen molar-refractivity contribution in [2.24, 2.45) is 5.92 Å². The number of rotatable bonds is 4. The van der Waals surface area contributed by atoms with Gasteiger partial charge in [0, 0.05) is 38.4 Å². The largest absolute Gasteiger partial charge is 0.387 e. The van der Waals surface area contributed by atoms with E-state index in [2.05, 4.69) is 24.8 Å². The minimum atomic E-state index is -0.521. The van der Waals surface area contributed by atoms with Crippen LogP contribution >= 0.6 is 0 Å². The molecule has 2 aromatic heterocycles. The third kappa shape index (κ3) is 4.12. The normalized spacial score (nSPS) is 19.9. The lowest BCUT2D eigenvalue weighted by atomic mass is 9.89. The Hall–Kier alpha value is -2.45. The smallest absolute Gasteiger partial charge is 0.223 e. The van der Waals surface area contributed by atoms with Gasteiger partial charge >= 0.3 is 0 Å². The average Bonchev–Trinajstić information content (AvgIpc) is 2.74. The fourth-order valence-corrected chi connectivity index (χ4v) is 3.79. The summed E-state index contributed by atoms with van der Waals surface area (Å²) in [5.74, 6) is 2.21. The maximum atomic E-state index is 10.6. The highest BCUT2D eigenvalue weighted by Crippen LogP contribution is 2.32. The first-order valence-corrected chi connectivity index (χ1v) is 9.52. The van der Waals surface area contributed by atoms with E-state index in [9.17, 15) is 5.11 Å². The van der Waals surface area contributed by atoms with Crippen molar-refractivity contribution < 1.29 is 9.84 Å². The molecule has 8 heteroatoms. The molecule has 4 rings (SSSR count). The fraction of sp³-hybridized carbons (Fsp3) is 0.526. The van der Waals surface area contributed by atoms with E-state index in [0.29, 0.717) is 19.2 Å². The molecule has 2 aliphatic heterocycles. The van der Waals surface area contributed by atoms with Crippen LogP contribution in [0.15, 0.2) is 30.5 Å². The molecule has 27 heavy (non-hydrogen) atoms. The summed E-state index contributed by atoms with van der Waals surface area (Å²) in [5.41, 5.74) is 6.72. The molecule has 0 aliphatic carbocycles. The van der Waals surface area contributed by atoms with Crippen LogP contribution in [-0.2, 0) is 4.74 Å². The first-order chi connectivity index (χ1) is 13.2. The lowest BCUT2D eigenvalue weighted by Crippen LogP contribution is -2.38. The van der Waals surface area contributed by atoms with Crippen molar-refractivity contribution >= 4 is 17.6 Å². The molecule has 1 unspecified atom stereocenters. The Kier molecular flexibility index (Phi) is 5.35. The van der Waals surface area contributed by atoms with Crippen molar-refractivity contribution in [2.45, 2.75) is 18.9 Å². The molecule has 2 saturated heterocycles. The monoisotopic (exact) mass is 370 g/mol. The van der Waals surface area contributed by atoms with E-state index < -0.39 is 6.10 Å². The quantitative estimate of drug-likeness (QED) is 0.829. The topological polar surface area (TPSA) is 101 Å². The lowest BCUT2D eigenvalue weighted by Gasteiger charge is -2.35. The molecule has 2 fully saturated rings. The Labute approximate surface area is 159 Å². The SMILES string of the molecule is Nc1nc(N2CCOCC2)cc(N2CCC(C(O)c3ccccn3)CC2)n1. The van der Waals surface area contributed by atoms with Crippen LogP contribution in [0.4, 0.5) is 17.6 Å². The molecule has 0 radical (unpaired) electrons. The van der Waals surface area contributed by atoms with Crippen molar-refractivity contribution in [2.75, 3.05) is 54.9 Å². The minimum absolute atomic E-state index is 0.203. The van der Waals surface area contributed by atoms with Gasteiger partial charge in [-0.05, 0) is 30.9 Å².